The molecule has 3 rings (SSSR count). The summed E-state index contributed by atoms with van der Waals surface area (Å²) in [6, 6.07) is 0. The molecule has 1 fully saturated rings. The normalized spacial score (nSPS) is 25.4. The van der Waals surface area contributed by atoms with Crippen molar-refractivity contribution in [1.82, 2.24) is 19.5 Å². The monoisotopic (exact) mass is 418 g/mol. The van der Waals surface area contributed by atoms with Crippen molar-refractivity contribution >= 4 is 31.3 Å². The van der Waals surface area contributed by atoms with Gasteiger partial charge in [-0.3, -0.25) is 24.5 Å². The number of carbonyl (C=O) groups excluding carboxylic acids is 1. The first-order valence-electron chi connectivity index (χ1n) is 8.24. The number of fused-ring (bicyclic) bond motifs is 1. The van der Waals surface area contributed by atoms with E-state index in [-0.39, 0.29) is 23.0 Å². The molecule has 2 aromatic rings. The topological polar surface area (TPSA) is 169 Å². The molecule has 3 heterocycles. The van der Waals surface area contributed by atoms with Crippen molar-refractivity contribution in [2.75, 3.05) is 11.9 Å². The van der Waals surface area contributed by atoms with Crippen LogP contribution in [0, 0.1) is 5.92 Å². The number of ether oxygens (including phenoxy) is 1. The molecule has 152 valence electrons. The van der Waals surface area contributed by atoms with E-state index in [1.54, 1.807) is 13.8 Å². The molecular formula is C14H18FN5O7P+. The lowest BCUT2D eigenvalue weighted by atomic mass is 10.1. The van der Waals surface area contributed by atoms with E-state index in [0.717, 1.165) is 10.9 Å². The highest BCUT2D eigenvalue weighted by Gasteiger charge is 2.51. The number of nitrogens with zero attached hydrogens (tertiary/aromatic N) is 3. The number of alkyl halides is 1. The van der Waals surface area contributed by atoms with Gasteiger partial charge in [-0.05, 0) is 0 Å². The van der Waals surface area contributed by atoms with Crippen molar-refractivity contribution in [3.8, 4) is 0 Å². The molecule has 0 bridgehead atoms. The van der Waals surface area contributed by atoms with Crippen LogP contribution < -0.4 is 10.9 Å². The van der Waals surface area contributed by atoms with Crippen molar-refractivity contribution < 1.29 is 33.0 Å². The number of halogens is 1. The van der Waals surface area contributed by atoms with Gasteiger partial charge in [0.25, 0.3) is 5.56 Å². The second-order valence-corrected chi connectivity index (χ2v) is 7.07. The highest BCUT2D eigenvalue weighted by atomic mass is 31.1. The molecule has 4 N–H and O–H groups in total. The van der Waals surface area contributed by atoms with Gasteiger partial charge >= 0.3 is 8.25 Å². The Labute approximate surface area is 157 Å². The Morgan fingerprint density at radius 3 is 2.89 bits per heavy atom. The fourth-order valence-electron chi connectivity index (χ4n) is 2.73. The Balaban J connectivity index is 1.99. The maximum absolute atomic E-state index is 14.8. The number of carbonyl (C=O) groups is 1. The van der Waals surface area contributed by atoms with E-state index in [9.17, 15) is 23.7 Å². The van der Waals surface area contributed by atoms with E-state index in [0.29, 0.717) is 0 Å². The first-order chi connectivity index (χ1) is 13.2. The van der Waals surface area contributed by atoms with Crippen LogP contribution in [0.25, 0.3) is 11.2 Å². The summed E-state index contributed by atoms with van der Waals surface area (Å²) >= 11 is 0. The summed E-state index contributed by atoms with van der Waals surface area (Å²) in [4.78, 5) is 43.3. The Bertz CT molecular complexity index is 963. The number of rotatable bonds is 6. The number of imidazole rings is 1. The van der Waals surface area contributed by atoms with Crippen molar-refractivity contribution in [3.05, 3.63) is 16.7 Å². The Kier molecular flexibility index (Phi) is 5.82. The summed E-state index contributed by atoms with van der Waals surface area (Å²) < 4.78 is 36.8. The fraction of sp³-hybridized carbons (Fsp3) is 0.571. The molecule has 1 aliphatic rings. The smallest absolute Gasteiger partial charge is 0.394 e. The fourth-order valence-corrected chi connectivity index (χ4v) is 3.19. The average Bonchev–Trinajstić information content (AvgIpc) is 3.16. The molecule has 1 aliphatic heterocycles. The summed E-state index contributed by atoms with van der Waals surface area (Å²) in [5.41, 5.74) is -0.876. The zero-order chi connectivity index (χ0) is 20.6. The molecule has 0 aliphatic carbocycles. The lowest BCUT2D eigenvalue weighted by Crippen LogP contribution is -2.32. The lowest BCUT2D eigenvalue weighted by molar-refractivity contribution is -0.118. The predicted octanol–water partition coefficient (Wildman–Crippen LogP) is -0.0232. The van der Waals surface area contributed by atoms with Gasteiger partial charge in [0.1, 0.15) is 6.10 Å². The molecule has 12 nitrogen and oxygen atoms in total. The SMILES string of the molecule is CC(C)C(=O)Nc1nc2c(ncn2C2OC(CO)[C@@H](O[P+](=O)O)[C@H]2F)c(=O)[nH]1. The van der Waals surface area contributed by atoms with E-state index in [1.165, 1.54) is 0 Å². The molecule has 1 saturated heterocycles. The highest BCUT2D eigenvalue weighted by molar-refractivity contribution is 7.32. The van der Waals surface area contributed by atoms with Crippen molar-refractivity contribution in [1.29, 1.82) is 0 Å². The van der Waals surface area contributed by atoms with Crippen LogP contribution in [-0.4, -0.2) is 60.4 Å². The third kappa shape index (κ3) is 3.80. The second-order valence-electron chi connectivity index (χ2n) is 6.38. The first-order valence-corrected chi connectivity index (χ1v) is 9.37. The predicted molar refractivity (Wildman–Crippen MR) is 92.2 cm³/mol. The number of amides is 1. The number of nitrogens with one attached hydrogen (secondary N) is 2. The summed E-state index contributed by atoms with van der Waals surface area (Å²) in [6.07, 6.45) is -5.01. The maximum atomic E-state index is 14.8. The van der Waals surface area contributed by atoms with Gasteiger partial charge in [0.2, 0.25) is 11.9 Å². The summed E-state index contributed by atoms with van der Waals surface area (Å²) in [7, 11) is -3.13. The van der Waals surface area contributed by atoms with Gasteiger partial charge in [-0.1, -0.05) is 13.8 Å². The van der Waals surface area contributed by atoms with Gasteiger partial charge in [0.15, 0.2) is 29.7 Å². The van der Waals surface area contributed by atoms with Crippen LogP contribution in [-0.2, 0) is 18.6 Å². The number of hydrogen-bond acceptors (Lipinski definition) is 8. The summed E-state index contributed by atoms with van der Waals surface area (Å²) in [5.74, 6) is -0.922. The highest BCUT2D eigenvalue weighted by Crippen LogP contribution is 2.38. The molecule has 28 heavy (non-hydrogen) atoms. The minimum atomic E-state index is -3.13. The largest absolute Gasteiger partial charge is 0.695 e. The van der Waals surface area contributed by atoms with E-state index in [2.05, 4.69) is 24.8 Å². The molecule has 5 atom stereocenters. The van der Waals surface area contributed by atoms with E-state index in [4.69, 9.17) is 9.63 Å². The standard InChI is InChI=1S/C14H17FN5O7P/c1-5(2)11(22)18-14-17-10-8(12(23)19-14)16-4-20(10)13-7(15)9(27-28(24)25)6(3-21)26-13/h4-7,9,13,21H,3H2,1-2H3,(H2-,17,18,19,22,23,24,25)/p+1/t6?,7-,9-,13?/m1/s1. The van der Waals surface area contributed by atoms with Gasteiger partial charge in [0, 0.05) is 10.5 Å². The van der Waals surface area contributed by atoms with Gasteiger partial charge in [-0.15, -0.1) is 9.42 Å². The number of anilines is 1. The van der Waals surface area contributed by atoms with Crippen LogP contribution in [0.4, 0.5) is 10.3 Å². The first kappa shape index (κ1) is 20.4. The van der Waals surface area contributed by atoms with Crippen LogP contribution >= 0.6 is 8.25 Å². The van der Waals surface area contributed by atoms with Crippen LogP contribution in [0.3, 0.4) is 0 Å². The average molecular weight is 418 g/mol. The Hall–Kier alpha value is -2.31. The zero-order valence-electron chi connectivity index (χ0n) is 14.8. The number of aromatic nitrogens is 4. The molecule has 0 saturated carbocycles. The number of hydrogen-bond donors (Lipinski definition) is 4. The van der Waals surface area contributed by atoms with Gasteiger partial charge in [0.05, 0.1) is 12.9 Å². The molecule has 2 aromatic heterocycles. The van der Waals surface area contributed by atoms with Crippen LogP contribution in [0.1, 0.15) is 20.1 Å². The third-order valence-electron chi connectivity index (χ3n) is 4.13. The lowest BCUT2D eigenvalue weighted by Gasteiger charge is -2.15. The molecule has 1 amide bonds. The van der Waals surface area contributed by atoms with Crippen LogP contribution in [0.5, 0.6) is 0 Å². The Morgan fingerprint density at radius 2 is 2.29 bits per heavy atom. The summed E-state index contributed by atoms with van der Waals surface area (Å²) in [6.45, 7) is 2.63. The maximum Gasteiger partial charge on any atom is 0.695 e. The third-order valence-corrected chi connectivity index (χ3v) is 4.55. The minimum Gasteiger partial charge on any atom is -0.394 e. The van der Waals surface area contributed by atoms with Crippen LogP contribution in [0.2, 0.25) is 0 Å². The van der Waals surface area contributed by atoms with Gasteiger partial charge in [-0.2, -0.15) is 4.98 Å². The molecule has 0 aromatic carbocycles. The van der Waals surface area contributed by atoms with Crippen LogP contribution in [0.15, 0.2) is 11.1 Å². The molecule has 0 radical (unpaired) electrons. The molecular weight excluding hydrogens is 400 g/mol. The number of H-pyrrole nitrogens is 1. The second kappa shape index (κ2) is 7.97. The van der Waals surface area contributed by atoms with E-state index in [1.807, 2.05) is 0 Å². The summed E-state index contributed by atoms with van der Waals surface area (Å²) in [5, 5.41) is 11.8. The van der Waals surface area contributed by atoms with Crippen molar-refractivity contribution in [2.24, 2.45) is 5.92 Å². The number of aliphatic hydroxyl groups is 1. The number of aromatic amines is 1. The van der Waals surface area contributed by atoms with Crippen molar-refractivity contribution in [3.63, 3.8) is 0 Å². The molecule has 3 unspecified atom stereocenters. The van der Waals surface area contributed by atoms with Crippen molar-refractivity contribution in [2.45, 2.75) is 38.5 Å². The number of aliphatic hydroxyl groups excluding tert-OH is 1. The van der Waals surface area contributed by atoms with Gasteiger partial charge in [-0.25, -0.2) is 9.37 Å². The minimum absolute atomic E-state index is 0.0822. The molecule has 0 spiro atoms. The molecule has 14 heteroatoms. The Morgan fingerprint density at radius 1 is 1.57 bits per heavy atom. The van der Waals surface area contributed by atoms with Gasteiger partial charge < -0.3 is 9.84 Å². The van der Waals surface area contributed by atoms with E-state index >= 15 is 0 Å². The quantitative estimate of drug-likeness (QED) is 0.471. The van der Waals surface area contributed by atoms with E-state index < -0.39 is 50.9 Å². The zero-order valence-corrected chi connectivity index (χ0v) is 15.7.